The fraction of sp³-hybridized carbons (Fsp3) is 0.421. The molecule has 13 heteroatoms. The van der Waals surface area contributed by atoms with Crippen LogP contribution in [0.25, 0.3) is 0 Å². The van der Waals surface area contributed by atoms with E-state index in [2.05, 4.69) is 28.6 Å². The molecule has 0 saturated carbocycles. The van der Waals surface area contributed by atoms with Crippen LogP contribution in [0.3, 0.4) is 0 Å². The third-order valence-corrected chi connectivity index (χ3v) is 4.62. The zero-order chi connectivity index (χ0) is 24.4. The summed E-state index contributed by atoms with van der Waals surface area (Å²) in [7, 11) is 0. The minimum atomic E-state index is -1.40. The average molecular weight is 470 g/mol. The number of thiol groups is 1. The van der Waals surface area contributed by atoms with E-state index in [-0.39, 0.29) is 17.9 Å². The van der Waals surface area contributed by atoms with Crippen LogP contribution in [-0.4, -0.2) is 69.7 Å². The monoisotopic (exact) mass is 469 g/mol. The van der Waals surface area contributed by atoms with Gasteiger partial charge >= 0.3 is 5.97 Å². The first kappa shape index (κ1) is 26.7. The molecular formula is C19H27N5O7S. The van der Waals surface area contributed by atoms with Crippen molar-refractivity contribution in [3.63, 3.8) is 0 Å². The lowest BCUT2D eigenvalue weighted by Crippen LogP contribution is -2.58. The molecular weight excluding hydrogens is 442 g/mol. The number of aromatic hydroxyl groups is 1. The van der Waals surface area contributed by atoms with Crippen molar-refractivity contribution in [1.82, 2.24) is 16.0 Å². The number of hydrogen-bond donors (Lipinski definition) is 8. The van der Waals surface area contributed by atoms with Crippen LogP contribution in [0.5, 0.6) is 5.75 Å². The van der Waals surface area contributed by atoms with Crippen LogP contribution in [0.15, 0.2) is 24.3 Å². The van der Waals surface area contributed by atoms with Gasteiger partial charge < -0.3 is 37.6 Å². The Bertz CT molecular complexity index is 847. The summed E-state index contributed by atoms with van der Waals surface area (Å²) in [6.07, 6.45) is -0.631. The minimum Gasteiger partial charge on any atom is -0.508 e. The molecule has 4 amide bonds. The van der Waals surface area contributed by atoms with Crippen LogP contribution in [0.4, 0.5) is 0 Å². The summed E-state index contributed by atoms with van der Waals surface area (Å²) in [6.45, 7) is 1.37. The van der Waals surface area contributed by atoms with E-state index in [1.54, 1.807) is 0 Å². The van der Waals surface area contributed by atoms with E-state index < -0.39 is 60.2 Å². The minimum absolute atomic E-state index is 0.0139. The first-order valence-electron chi connectivity index (χ1n) is 9.51. The number of nitrogens with two attached hydrogens (primary N) is 2. The first-order valence-corrected chi connectivity index (χ1v) is 10.1. The Morgan fingerprint density at radius 2 is 1.44 bits per heavy atom. The maximum absolute atomic E-state index is 12.8. The predicted molar refractivity (Wildman–Crippen MR) is 117 cm³/mol. The number of aliphatic carboxylic acids is 1. The summed E-state index contributed by atoms with van der Waals surface area (Å²) >= 11 is 3.88. The largest absolute Gasteiger partial charge is 0.508 e. The van der Waals surface area contributed by atoms with Crippen LogP contribution in [-0.2, 0) is 30.4 Å². The Morgan fingerprint density at radius 3 is 1.91 bits per heavy atom. The number of primary amides is 1. The van der Waals surface area contributed by atoms with Gasteiger partial charge in [0, 0.05) is 12.2 Å². The molecule has 12 nitrogen and oxygen atoms in total. The number of carboxylic acids is 1. The van der Waals surface area contributed by atoms with E-state index in [0.717, 1.165) is 0 Å². The molecule has 32 heavy (non-hydrogen) atoms. The molecule has 0 radical (unpaired) electrons. The summed E-state index contributed by atoms with van der Waals surface area (Å²) in [5.41, 5.74) is 11.2. The molecule has 176 valence electrons. The van der Waals surface area contributed by atoms with Gasteiger partial charge in [0.25, 0.3) is 0 Å². The fourth-order valence-electron chi connectivity index (χ4n) is 2.52. The lowest BCUT2D eigenvalue weighted by Gasteiger charge is -2.24. The molecule has 9 N–H and O–H groups in total. The van der Waals surface area contributed by atoms with E-state index in [9.17, 15) is 29.1 Å². The summed E-state index contributed by atoms with van der Waals surface area (Å²) in [5, 5.41) is 25.5. The molecule has 1 aromatic carbocycles. The van der Waals surface area contributed by atoms with Gasteiger partial charge in [-0.05, 0) is 24.6 Å². The Hall–Kier alpha value is -3.32. The zero-order valence-electron chi connectivity index (χ0n) is 17.3. The van der Waals surface area contributed by atoms with Crippen LogP contribution in [0, 0.1) is 0 Å². The Labute approximate surface area is 189 Å². The Balaban J connectivity index is 3.11. The number of benzene rings is 1. The van der Waals surface area contributed by atoms with Gasteiger partial charge in [0.1, 0.15) is 23.9 Å². The summed E-state index contributed by atoms with van der Waals surface area (Å²) in [5.74, 6) is -4.85. The van der Waals surface area contributed by atoms with Crippen molar-refractivity contribution in [3.8, 4) is 5.75 Å². The van der Waals surface area contributed by atoms with E-state index in [1.165, 1.54) is 31.2 Å². The number of phenols is 1. The third-order valence-electron chi connectivity index (χ3n) is 4.26. The molecule has 0 aliphatic rings. The van der Waals surface area contributed by atoms with E-state index in [4.69, 9.17) is 16.6 Å². The van der Waals surface area contributed by atoms with Gasteiger partial charge in [-0.1, -0.05) is 12.1 Å². The highest BCUT2D eigenvalue weighted by Gasteiger charge is 2.30. The molecule has 0 spiro atoms. The van der Waals surface area contributed by atoms with Crippen molar-refractivity contribution in [2.24, 2.45) is 11.5 Å². The van der Waals surface area contributed by atoms with Gasteiger partial charge in [-0.3, -0.25) is 19.2 Å². The number of carbonyl (C=O) groups excluding carboxylic acids is 4. The van der Waals surface area contributed by atoms with E-state index in [0.29, 0.717) is 5.56 Å². The van der Waals surface area contributed by atoms with Crippen molar-refractivity contribution in [2.45, 2.75) is 43.9 Å². The molecule has 4 unspecified atom stereocenters. The highest BCUT2D eigenvalue weighted by Crippen LogP contribution is 2.12. The van der Waals surface area contributed by atoms with Crippen molar-refractivity contribution >= 4 is 42.2 Å². The number of rotatable bonds is 12. The second-order valence-electron chi connectivity index (χ2n) is 7.03. The SMILES string of the molecule is CC(N)C(=O)NC(CC(N)=O)C(=O)NC(Cc1ccc(O)cc1)C(=O)NC(CS)C(=O)O. The highest BCUT2D eigenvalue weighted by atomic mass is 32.1. The standard InChI is InChI=1S/C19H27N5O7S/c1-9(20)16(27)22-13(7-15(21)26)18(29)23-12(6-10-2-4-11(25)5-3-10)17(28)24-14(8-32)19(30)31/h2-5,9,12-14,25,32H,6-8,20H2,1H3,(H2,21,26)(H,22,27)(H,23,29)(H,24,28)(H,30,31). The summed E-state index contributed by atoms with van der Waals surface area (Å²) < 4.78 is 0. The molecule has 0 aliphatic heterocycles. The van der Waals surface area contributed by atoms with Crippen LogP contribution in [0.2, 0.25) is 0 Å². The molecule has 1 aromatic rings. The van der Waals surface area contributed by atoms with Gasteiger partial charge in [0.15, 0.2) is 0 Å². The van der Waals surface area contributed by atoms with Gasteiger partial charge in [-0.15, -0.1) is 0 Å². The fourth-order valence-corrected chi connectivity index (χ4v) is 2.77. The highest BCUT2D eigenvalue weighted by molar-refractivity contribution is 7.80. The van der Waals surface area contributed by atoms with Crippen molar-refractivity contribution in [2.75, 3.05) is 5.75 Å². The molecule has 0 aliphatic carbocycles. The molecule has 1 rings (SSSR count). The number of amides is 4. The number of nitrogens with one attached hydrogen (secondary N) is 3. The number of phenolic OH excluding ortho intramolecular Hbond substituents is 1. The smallest absolute Gasteiger partial charge is 0.327 e. The van der Waals surface area contributed by atoms with Crippen LogP contribution in [0.1, 0.15) is 18.9 Å². The molecule has 4 atom stereocenters. The van der Waals surface area contributed by atoms with Gasteiger partial charge in [0.2, 0.25) is 23.6 Å². The van der Waals surface area contributed by atoms with Crippen LogP contribution >= 0.6 is 12.6 Å². The topological polar surface area (TPSA) is 214 Å². The summed E-state index contributed by atoms with van der Waals surface area (Å²) in [6, 6.07) is 0.793. The molecule has 0 aromatic heterocycles. The van der Waals surface area contributed by atoms with E-state index >= 15 is 0 Å². The summed E-state index contributed by atoms with van der Waals surface area (Å²) in [4.78, 5) is 60.0. The average Bonchev–Trinajstić information content (AvgIpc) is 2.71. The number of hydrogen-bond acceptors (Lipinski definition) is 8. The van der Waals surface area contributed by atoms with Crippen molar-refractivity contribution < 1.29 is 34.2 Å². The van der Waals surface area contributed by atoms with Gasteiger partial charge in [-0.2, -0.15) is 12.6 Å². The maximum atomic E-state index is 12.8. The Morgan fingerprint density at radius 1 is 0.938 bits per heavy atom. The molecule has 0 saturated heterocycles. The van der Waals surface area contributed by atoms with E-state index in [1.807, 2.05) is 0 Å². The first-order chi connectivity index (χ1) is 14.9. The van der Waals surface area contributed by atoms with Gasteiger partial charge in [-0.25, -0.2) is 4.79 Å². The van der Waals surface area contributed by atoms with Crippen molar-refractivity contribution in [3.05, 3.63) is 29.8 Å². The Kier molecular flexibility index (Phi) is 10.4. The lowest BCUT2D eigenvalue weighted by atomic mass is 10.0. The lowest BCUT2D eigenvalue weighted by molar-refractivity contribution is -0.141. The molecule has 0 bridgehead atoms. The normalized spacial score (nSPS) is 14.3. The predicted octanol–water partition coefficient (Wildman–Crippen LogP) is -2.37. The molecule has 0 fully saturated rings. The molecule has 0 heterocycles. The van der Waals surface area contributed by atoms with Gasteiger partial charge in [0.05, 0.1) is 12.5 Å². The number of carboxylic acid groups (broad SMARTS) is 1. The zero-order valence-corrected chi connectivity index (χ0v) is 18.2. The quantitative estimate of drug-likeness (QED) is 0.154. The number of carbonyl (C=O) groups is 5. The van der Waals surface area contributed by atoms with Crippen LogP contribution < -0.4 is 27.4 Å². The maximum Gasteiger partial charge on any atom is 0.327 e. The van der Waals surface area contributed by atoms with Crippen molar-refractivity contribution in [1.29, 1.82) is 0 Å². The second kappa shape index (κ2) is 12.5. The third kappa shape index (κ3) is 8.81. The second-order valence-corrected chi connectivity index (χ2v) is 7.40.